The van der Waals surface area contributed by atoms with Gasteiger partial charge in [-0.3, -0.25) is 14.3 Å². The van der Waals surface area contributed by atoms with Crippen molar-refractivity contribution in [3.8, 4) is 11.8 Å². The minimum atomic E-state index is -1.38. The molecule has 1 atom stereocenters. The molecule has 146 valence electrons. The van der Waals surface area contributed by atoms with Crippen LogP contribution < -0.4 is 10.9 Å². The lowest BCUT2D eigenvalue weighted by Gasteiger charge is -2.07. The van der Waals surface area contributed by atoms with Gasteiger partial charge in [0.15, 0.2) is 0 Å². The summed E-state index contributed by atoms with van der Waals surface area (Å²) in [4.78, 5) is 25.4. The molecule has 8 nitrogen and oxygen atoms in total. The summed E-state index contributed by atoms with van der Waals surface area (Å²) in [6, 6.07) is 16.7. The number of azo groups is 1. The molecular formula is C21H20N6O2. The second-order valence-electron chi connectivity index (χ2n) is 6.51. The molecule has 3 aromatic rings. The minimum absolute atomic E-state index is 0.104. The predicted octanol–water partition coefficient (Wildman–Crippen LogP) is 3.41. The molecule has 0 aliphatic rings. The van der Waals surface area contributed by atoms with Crippen LogP contribution in [0, 0.1) is 25.2 Å². The number of carbonyl (C=O) groups is 1. The molecule has 1 unspecified atom stereocenters. The van der Waals surface area contributed by atoms with Crippen LogP contribution in [0.5, 0.6) is 0 Å². The Morgan fingerprint density at radius 1 is 1.14 bits per heavy atom. The fourth-order valence-electron chi connectivity index (χ4n) is 2.86. The van der Waals surface area contributed by atoms with Crippen molar-refractivity contribution >= 4 is 17.3 Å². The molecule has 0 radical (unpaired) electrons. The summed E-state index contributed by atoms with van der Waals surface area (Å²) >= 11 is 0. The van der Waals surface area contributed by atoms with Gasteiger partial charge >= 0.3 is 0 Å². The topological polar surface area (TPSA) is 105 Å². The van der Waals surface area contributed by atoms with E-state index in [4.69, 9.17) is 0 Å². The summed E-state index contributed by atoms with van der Waals surface area (Å²) in [5.74, 6) is -0.713. The average molecular weight is 388 g/mol. The molecule has 1 aromatic heterocycles. The lowest BCUT2D eigenvalue weighted by molar-refractivity contribution is -0.116. The highest BCUT2D eigenvalue weighted by Gasteiger charge is 2.23. The summed E-state index contributed by atoms with van der Waals surface area (Å²) in [6.45, 7) is 3.62. The fraction of sp³-hybridized carbons (Fsp3) is 0.190. The number of nitrogens with one attached hydrogen (secondary N) is 1. The zero-order chi connectivity index (χ0) is 21.0. The van der Waals surface area contributed by atoms with Gasteiger partial charge in [-0.1, -0.05) is 30.3 Å². The van der Waals surface area contributed by atoms with E-state index in [9.17, 15) is 14.9 Å². The smallest absolute Gasteiger partial charge is 0.295 e. The summed E-state index contributed by atoms with van der Waals surface area (Å²) in [5.41, 5.74) is 2.46. The second kappa shape index (κ2) is 8.35. The van der Waals surface area contributed by atoms with E-state index in [0.717, 1.165) is 5.56 Å². The molecule has 29 heavy (non-hydrogen) atoms. The summed E-state index contributed by atoms with van der Waals surface area (Å²) in [5, 5.41) is 19.7. The Kier molecular flexibility index (Phi) is 5.69. The SMILES string of the molecule is Cc1cccc(N=NC(C#N)C(=O)Nc2c(C)n(C)n(-c3ccccc3)c2=O)c1. The van der Waals surface area contributed by atoms with Gasteiger partial charge in [-0.25, -0.2) is 4.68 Å². The monoisotopic (exact) mass is 388 g/mol. The number of nitrogens with zero attached hydrogens (tertiary/aromatic N) is 5. The third-order valence-corrected chi connectivity index (χ3v) is 4.46. The minimum Gasteiger partial charge on any atom is -0.317 e. The van der Waals surface area contributed by atoms with Crippen LogP contribution >= 0.6 is 0 Å². The number of hydrogen-bond acceptors (Lipinski definition) is 5. The molecule has 0 saturated carbocycles. The molecular weight excluding hydrogens is 368 g/mol. The molecule has 3 rings (SSSR count). The highest BCUT2D eigenvalue weighted by Crippen LogP contribution is 2.16. The number of carbonyl (C=O) groups excluding carboxylic acids is 1. The molecule has 8 heteroatoms. The molecule has 0 fully saturated rings. The molecule has 1 amide bonds. The van der Waals surface area contributed by atoms with Crippen molar-refractivity contribution in [1.82, 2.24) is 9.36 Å². The Bertz CT molecular complexity index is 1170. The normalized spacial score (nSPS) is 11.9. The van der Waals surface area contributed by atoms with Crippen molar-refractivity contribution in [2.75, 3.05) is 5.32 Å². The number of aromatic nitrogens is 2. The third-order valence-electron chi connectivity index (χ3n) is 4.46. The van der Waals surface area contributed by atoms with Crippen LogP contribution in [0.2, 0.25) is 0 Å². The van der Waals surface area contributed by atoms with Gasteiger partial charge in [0.1, 0.15) is 11.8 Å². The fourth-order valence-corrected chi connectivity index (χ4v) is 2.86. The van der Waals surface area contributed by atoms with Crippen molar-refractivity contribution in [1.29, 1.82) is 5.26 Å². The molecule has 0 bridgehead atoms. The molecule has 0 saturated heterocycles. The molecule has 1 heterocycles. The van der Waals surface area contributed by atoms with E-state index in [-0.39, 0.29) is 5.69 Å². The van der Waals surface area contributed by atoms with E-state index < -0.39 is 17.5 Å². The quantitative estimate of drug-likeness (QED) is 0.677. The van der Waals surface area contributed by atoms with Gasteiger partial charge in [0.05, 0.1) is 17.1 Å². The van der Waals surface area contributed by atoms with Gasteiger partial charge in [0.2, 0.25) is 6.04 Å². The Balaban J connectivity index is 1.86. The molecule has 0 aliphatic carbocycles. The van der Waals surface area contributed by atoms with Gasteiger partial charge in [0, 0.05) is 7.05 Å². The standard InChI is InChI=1S/C21H20N6O2/c1-14-8-7-9-16(12-14)24-25-18(13-22)20(28)23-19-15(2)26(3)27(21(19)29)17-10-5-4-6-11-17/h4-12,18H,1-3H3,(H,23,28). The zero-order valence-corrected chi connectivity index (χ0v) is 16.3. The van der Waals surface area contributed by atoms with Crippen LogP contribution in [-0.4, -0.2) is 21.3 Å². The largest absolute Gasteiger partial charge is 0.317 e. The molecule has 0 aliphatic heterocycles. The van der Waals surface area contributed by atoms with E-state index in [2.05, 4.69) is 15.5 Å². The first-order valence-corrected chi connectivity index (χ1v) is 8.94. The number of nitriles is 1. The van der Waals surface area contributed by atoms with Gasteiger partial charge in [-0.05, 0) is 43.7 Å². The predicted molar refractivity (Wildman–Crippen MR) is 109 cm³/mol. The highest BCUT2D eigenvalue weighted by atomic mass is 16.2. The first-order chi connectivity index (χ1) is 13.9. The maximum Gasteiger partial charge on any atom is 0.295 e. The lowest BCUT2D eigenvalue weighted by Crippen LogP contribution is -2.28. The van der Waals surface area contributed by atoms with Gasteiger partial charge in [-0.15, -0.1) is 0 Å². The average Bonchev–Trinajstić information content (AvgIpc) is 2.92. The molecule has 2 aromatic carbocycles. The van der Waals surface area contributed by atoms with E-state index >= 15 is 0 Å². The van der Waals surface area contributed by atoms with E-state index in [1.54, 1.807) is 42.9 Å². The Morgan fingerprint density at radius 2 is 1.86 bits per heavy atom. The van der Waals surface area contributed by atoms with Crippen LogP contribution in [0.15, 0.2) is 69.6 Å². The highest BCUT2D eigenvalue weighted by molar-refractivity contribution is 5.97. The maximum atomic E-state index is 12.9. The summed E-state index contributed by atoms with van der Waals surface area (Å²) in [7, 11) is 1.72. The second-order valence-corrected chi connectivity index (χ2v) is 6.51. The van der Waals surface area contributed by atoms with Crippen LogP contribution in [0.25, 0.3) is 5.69 Å². The summed E-state index contributed by atoms with van der Waals surface area (Å²) in [6.07, 6.45) is 0. The van der Waals surface area contributed by atoms with Crippen molar-refractivity contribution in [2.24, 2.45) is 17.3 Å². The molecule has 1 N–H and O–H groups in total. The van der Waals surface area contributed by atoms with Gasteiger partial charge < -0.3 is 5.32 Å². The number of hydrogen-bond donors (Lipinski definition) is 1. The number of rotatable bonds is 5. The van der Waals surface area contributed by atoms with E-state index in [0.29, 0.717) is 17.1 Å². The first kappa shape index (κ1) is 19.8. The van der Waals surface area contributed by atoms with Crippen molar-refractivity contribution in [3.05, 3.63) is 76.2 Å². The van der Waals surface area contributed by atoms with Crippen molar-refractivity contribution < 1.29 is 4.79 Å². The van der Waals surface area contributed by atoms with E-state index in [1.807, 2.05) is 43.3 Å². The third kappa shape index (κ3) is 4.14. The van der Waals surface area contributed by atoms with Crippen LogP contribution in [0.4, 0.5) is 11.4 Å². The Hall–Kier alpha value is -3.99. The van der Waals surface area contributed by atoms with Crippen LogP contribution in [0.3, 0.4) is 0 Å². The summed E-state index contributed by atoms with van der Waals surface area (Å²) < 4.78 is 3.09. The maximum absolute atomic E-state index is 12.9. The van der Waals surface area contributed by atoms with Crippen LogP contribution in [0.1, 0.15) is 11.3 Å². The number of aryl methyl sites for hydroxylation is 1. The Labute approximate surface area is 167 Å². The van der Waals surface area contributed by atoms with E-state index in [1.165, 1.54) is 4.68 Å². The zero-order valence-electron chi connectivity index (χ0n) is 16.3. The van der Waals surface area contributed by atoms with Crippen molar-refractivity contribution in [2.45, 2.75) is 19.9 Å². The number of amides is 1. The number of benzene rings is 2. The van der Waals surface area contributed by atoms with Crippen molar-refractivity contribution in [3.63, 3.8) is 0 Å². The Morgan fingerprint density at radius 3 is 2.52 bits per heavy atom. The lowest BCUT2D eigenvalue weighted by atomic mass is 10.2. The molecule has 0 spiro atoms. The first-order valence-electron chi connectivity index (χ1n) is 8.94. The number of anilines is 1. The van der Waals surface area contributed by atoms with Gasteiger partial charge in [-0.2, -0.15) is 15.5 Å². The van der Waals surface area contributed by atoms with Crippen LogP contribution in [-0.2, 0) is 11.8 Å². The number of para-hydroxylation sites is 1. The van der Waals surface area contributed by atoms with Gasteiger partial charge in [0.25, 0.3) is 11.5 Å².